The molecule has 0 aliphatic rings. The topological polar surface area (TPSA) is 82.1 Å². The van der Waals surface area contributed by atoms with E-state index in [2.05, 4.69) is 12.9 Å². The number of rotatable bonds is 8. The second-order valence-electron chi connectivity index (χ2n) is 6.82. The van der Waals surface area contributed by atoms with Crippen LogP contribution in [0.5, 0.6) is 28.7 Å². The minimum atomic E-state index is -2.36. The summed E-state index contributed by atoms with van der Waals surface area (Å²) in [6, 6.07) is 27.0. The Morgan fingerprint density at radius 1 is 0.697 bits per heavy atom. The molecule has 0 amide bonds. The van der Waals surface area contributed by atoms with Crippen molar-refractivity contribution in [2.45, 2.75) is 4.90 Å². The Morgan fingerprint density at radius 3 is 1.76 bits per heavy atom. The van der Waals surface area contributed by atoms with Gasteiger partial charge in [0.15, 0.2) is 28.4 Å². The molecule has 0 aliphatic carbocycles. The van der Waals surface area contributed by atoms with Crippen LogP contribution in [-0.4, -0.2) is 14.5 Å². The molecule has 4 rings (SSSR count). The largest absolute Gasteiger partial charge is 0.456 e. The zero-order valence-corrected chi connectivity index (χ0v) is 18.8. The molecule has 33 heavy (non-hydrogen) atoms. The first kappa shape index (κ1) is 22.6. The second kappa shape index (κ2) is 10.4. The van der Waals surface area contributed by atoms with Crippen LogP contribution in [0.4, 0.5) is 0 Å². The Balaban J connectivity index is 1.62. The standard InChI is InChI=1S/C25H18O6S2/c26-25(17-11-13-21(23(15-17)31-32)29-19-7-3-1-4-8-19)18-12-14-22(24(16-18)33(27)28)30-20-9-5-2-6-10-20/h1-16,32H,(H,27,28). The highest BCUT2D eigenvalue weighted by Gasteiger charge is 2.18. The molecule has 0 saturated heterocycles. The third-order valence-corrected chi connectivity index (χ3v) is 5.53. The zero-order valence-electron chi connectivity index (χ0n) is 17.1. The van der Waals surface area contributed by atoms with Crippen molar-refractivity contribution in [3.05, 3.63) is 108 Å². The number of benzene rings is 4. The summed E-state index contributed by atoms with van der Waals surface area (Å²) in [7, 11) is 0. The van der Waals surface area contributed by atoms with E-state index in [1.54, 1.807) is 48.5 Å². The van der Waals surface area contributed by atoms with E-state index < -0.39 is 11.1 Å². The van der Waals surface area contributed by atoms with Gasteiger partial charge in [0.2, 0.25) is 0 Å². The fourth-order valence-electron chi connectivity index (χ4n) is 3.07. The monoisotopic (exact) mass is 478 g/mol. The maximum atomic E-state index is 13.1. The van der Waals surface area contributed by atoms with Gasteiger partial charge in [-0.15, -0.1) is 0 Å². The average Bonchev–Trinajstić information content (AvgIpc) is 2.85. The Morgan fingerprint density at radius 2 is 1.21 bits per heavy atom. The quantitative estimate of drug-likeness (QED) is 0.134. The van der Waals surface area contributed by atoms with Gasteiger partial charge in [0.1, 0.15) is 22.1 Å². The molecule has 1 unspecified atom stereocenters. The number of carbonyl (C=O) groups excluding carboxylic acids is 1. The molecule has 4 aromatic carbocycles. The summed E-state index contributed by atoms with van der Waals surface area (Å²) in [6.07, 6.45) is 0. The van der Waals surface area contributed by atoms with Gasteiger partial charge in [0, 0.05) is 24.0 Å². The Labute approximate surface area is 198 Å². The molecular formula is C25H18O6S2. The van der Waals surface area contributed by atoms with Gasteiger partial charge < -0.3 is 18.2 Å². The number of hydrogen-bond donors (Lipinski definition) is 2. The van der Waals surface area contributed by atoms with Crippen molar-refractivity contribution >= 4 is 29.8 Å². The molecule has 8 heteroatoms. The van der Waals surface area contributed by atoms with Crippen LogP contribution >= 0.6 is 12.9 Å². The number of para-hydroxylation sites is 2. The third-order valence-electron chi connectivity index (χ3n) is 4.64. The first-order valence-corrected chi connectivity index (χ1v) is 11.2. The maximum Gasteiger partial charge on any atom is 0.193 e. The number of ether oxygens (including phenoxy) is 2. The van der Waals surface area contributed by atoms with Crippen LogP contribution < -0.4 is 13.7 Å². The third kappa shape index (κ3) is 5.43. The molecule has 0 aromatic heterocycles. The van der Waals surface area contributed by atoms with E-state index in [0.717, 1.165) is 0 Å². The van der Waals surface area contributed by atoms with Crippen LogP contribution in [0.2, 0.25) is 0 Å². The molecule has 0 radical (unpaired) electrons. The highest BCUT2D eigenvalue weighted by Crippen LogP contribution is 2.34. The van der Waals surface area contributed by atoms with Gasteiger partial charge in [-0.25, -0.2) is 4.21 Å². The second-order valence-corrected chi connectivity index (χ2v) is 7.94. The minimum absolute atomic E-state index is 0.0144. The molecule has 166 valence electrons. The summed E-state index contributed by atoms with van der Waals surface area (Å²) in [4.78, 5) is 13.1. The van der Waals surface area contributed by atoms with Gasteiger partial charge in [-0.05, 0) is 60.7 Å². The smallest absolute Gasteiger partial charge is 0.193 e. The molecule has 0 aliphatic heterocycles. The average molecular weight is 479 g/mol. The molecule has 6 nitrogen and oxygen atoms in total. The van der Waals surface area contributed by atoms with Crippen LogP contribution in [0.15, 0.2) is 102 Å². The fraction of sp³-hybridized carbons (Fsp3) is 0. The van der Waals surface area contributed by atoms with Gasteiger partial charge in [-0.3, -0.25) is 4.79 Å². The molecule has 1 N–H and O–H groups in total. The van der Waals surface area contributed by atoms with Gasteiger partial charge in [0.05, 0.1) is 0 Å². The van der Waals surface area contributed by atoms with E-state index in [1.807, 2.05) is 24.3 Å². The highest BCUT2D eigenvalue weighted by atomic mass is 32.2. The van der Waals surface area contributed by atoms with Crippen LogP contribution in [-0.2, 0) is 11.1 Å². The number of carbonyl (C=O) groups is 1. The summed E-state index contributed by atoms with van der Waals surface area (Å²) in [5.74, 6) is 1.56. The number of ketones is 1. The Kier molecular flexibility index (Phi) is 7.09. The molecule has 0 spiro atoms. The summed E-state index contributed by atoms with van der Waals surface area (Å²) in [6.45, 7) is 0. The number of hydrogen-bond acceptors (Lipinski definition) is 6. The Hall–Kier alpha value is -3.59. The highest BCUT2D eigenvalue weighted by molar-refractivity contribution is 7.79. The van der Waals surface area contributed by atoms with Gasteiger partial charge >= 0.3 is 0 Å². The van der Waals surface area contributed by atoms with Gasteiger partial charge in [-0.1, -0.05) is 36.4 Å². The van der Waals surface area contributed by atoms with Crippen molar-refractivity contribution in [3.8, 4) is 28.7 Å². The Bertz CT molecular complexity index is 1290. The van der Waals surface area contributed by atoms with Crippen LogP contribution in [0.1, 0.15) is 15.9 Å². The lowest BCUT2D eigenvalue weighted by atomic mass is 10.0. The van der Waals surface area contributed by atoms with Crippen molar-refractivity contribution in [1.29, 1.82) is 0 Å². The lowest BCUT2D eigenvalue weighted by molar-refractivity contribution is 0.103. The van der Waals surface area contributed by atoms with Gasteiger partial charge in [0.25, 0.3) is 0 Å². The molecular weight excluding hydrogens is 460 g/mol. The molecule has 1 atom stereocenters. The van der Waals surface area contributed by atoms with Crippen molar-refractivity contribution in [1.82, 2.24) is 0 Å². The maximum absolute atomic E-state index is 13.1. The first-order chi connectivity index (χ1) is 16.0. The predicted octanol–water partition coefficient (Wildman–Crippen LogP) is 6.31. The van der Waals surface area contributed by atoms with E-state index >= 15 is 0 Å². The van der Waals surface area contributed by atoms with Gasteiger partial charge in [-0.2, -0.15) is 0 Å². The van der Waals surface area contributed by atoms with E-state index in [4.69, 9.17) is 13.7 Å². The fourth-order valence-corrected chi connectivity index (χ4v) is 3.73. The first-order valence-electron chi connectivity index (χ1n) is 9.76. The molecule has 0 saturated carbocycles. The van der Waals surface area contributed by atoms with E-state index in [1.165, 1.54) is 24.3 Å². The van der Waals surface area contributed by atoms with Crippen LogP contribution in [0.3, 0.4) is 0 Å². The SMILES string of the molecule is O=C(c1ccc(Oc2ccccc2)c(OS)c1)c1ccc(Oc2ccccc2)c(S(=O)O)c1. The van der Waals surface area contributed by atoms with Crippen molar-refractivity contribution in [3.63, 3.8) is 0 Å². The van der Waals surface area contributed by atoms with E-state index in [0.29, 0.717) is 22.8 Å². The van der Waals surface area contributed by atoms with E-state index in [9.17, 15) is 13.6 Å². The molecule has 0 fully saturated rings. The summed E-state index contributed by atoms with van der Waals surface area (Å²) in [5, 5.41) is 0. The minimum Gasteiger partial charge on any atom is -0.456 e. The molecule has 0 heterocycles. The van der Waals surface area contributed by atoms with Crippen LogP contribution in [0.25, 0.3) is 0 Å². The van der Waals surface area contributed by atoms with E-state index in [-0.39, 0.29) is 27.7 Å². The molecule has 0 bridgehead atoms. The zero-order chi connectivity index (χ0) is 23.2. The number of thiol groups is 1. The van der Waals surface area contributed by atoms with Crippen LogP contribution in [0, 0.1) is 0 Å². The summed E-state index contributed by atoms with van der Waals surface area (Å²) < 4.78 is 38.3. The lowest BCUT2D eigenvalue weighted by Crippen LogP contribution is -2.04. The summed E-state index contributed by atoms with van der Waals surface area (Å²) >= 11 is 1.51. The van der Waals surface area contributed by atoms with Crippen molar-refractivity contribution in [2.75, 3.05) is 0 Å². The normalized spacial score (nSPS) is 11.5. The van der Waals surface area contributed by atoms with Crippen molar-refractivity contribution in [2.24, 2.45) is 0 Å². The molecule has 4 aromatic rings. The van der Waals surface area contributed by atoms with Crippen molar-refractivity contribution < 1.29 is 27.2 Å². The predicted molar refractivity (Wildman–Crippen MR) is 128 cm³/mol. The lowest BCUT2D eigenvalue weighted by Gasteiger charge is -2.12. The summed E-state index contributed by atoms with van der Waals surface area (Å²) in [5.41, 5.74) is 0.514.